The molecule has 1 saturated heterocycles. The highest BCUT2D eigenvalue weighted by atomic mass is 32.2. The van der Waals surface area contributed by atoms with Gasteiger partial charge in [0.15, 0.2) is 10.2 Å². The number of hydrogen-bond acceptors (Lipinski definition) is 7. The maximum absolute atomic E-state index is 11.8. The maximum Gasteiger partial charge on any atom is 0.229 e. The Morgan fingerprint density at radius 3 is 2.59 bits per heavy atom. The summed E-state index contributed by atoms with van der Waals surface area (Å²) in [6.07, 6.45) is 4.67. The van der Waals surface area contributed by atoms with Crippen LogP contribution in [0.5, 0.6) is 5.75 Å². The van der Waals surface area contributed by atoms with E-state index in [1.165, 1.54) is 7.11 Å². The first-order valence-electron chi connectivity index (χ1n) is 11.4. The van der Waals surface area contributed by atoms with Crippen LogP contribution in [0.3, 0.4) is 0 Å². The van der Waals surface area contributed by atoms with E-state index < -0.39 is 10.0 Å². The van der Waals surface area contributed by atoms with Crippen LogP contribution >= 0.6 is 23.6 Å². The first-order valence-corrected chi connectivity index (χ1v) is 14.6. The number of nitrogens with one attached hydrogen (secondary N) is 2. The molecule has 5 rings (SSSR count). The van der Waals surface area contributed by atoms with E-state index in [0.29, 0.717) is 16.5 Å². The van der Waals surface area contributed by atoms with Gasteiger partial charge in [-0.3, -0.25) is 14.3 Å². The molecule has 0 bridgehead atoms. The van der Waals surface area contributed by atoms with Gasteiger partial charge in [0.25, 0.3) is 0 Å². The van der Waals surface area contributed by atoms with Crippen molar-refractivity contribution in [2.24, 2.45) is 0 Å². The summed E-state index contributed by atoms with van der Waals surface area (Å²) in [4.78, 5) is 11.2. The summed E-state index contributed by atoms with van der Waals surface area (Å²) in [6.45, 7) is 4.14. The van der Waals surface area contributed by atoms with Crippen molar-refractivity contribution >= 4 is 50.1 Å². The SMILES string of the molecule is COc1cc(N2C(=S)N[C@@H](c3ccccn3)[C@H]2c2cc(C)n(-c3nccs3)c2C)ccc1NS(C)(=O)=O. The highest BCUT2D eigenvalue weighted by Gasteiger charge is 2.42. The van der Waals surface area contributed by atoms with Crippen molar-refractivity contribution in [3.63, 3.8) is 0 Å². The molecule has 0 aliphatic carbocycles. The number of rotatable bonds is 7. The molecule has 0 amide bonds. The largest absolute Gasteiger partial charge is 0.494 e. The molecule has 0 spiro atoms. The molecule has 2 N–H and O–H groups in total. The van der Waals surface area contributed by atoms with Gasteiger partial charge in [0.05, 0.1) is 36.8 Å². The standard InChI is InChI=1S/C25H26N6O3S3/c1-15-13-18(16(2)30(15)25-27-11-12-36-25)23-22(20-7-5-6-10-26-20)28-24(35)31(23)17-8-9-19(21(14-17)34-3)29-37(4,32)33/h5-14,22-23,29H,1-4H3,(H,28,35)/t22-,23+/m0/s1. The number of methoxy groups -OCH3 is 1. The van der Waals surface area contributed by atoms with Gasteiger partial charge in [-0.05, 0) is 62.0 Å². The van der Waals surface area contributed by atoms with Crippen LogP contribution in [0, 0.1) is 13.8 Å². The summed E-state index contributed by atoms with van der Waals surface area (Å²) in [6, 6.07) is 12.8. The minimum Gasteiger partial charge on any atom is -0.494 e. The predicted octanol–water partition coefficient (Wildman–Crippen LogP) is 4.50. The van der Waals surface area contributed by atoms with Gasteiger partial charge in [-0.1, -0.05) is 6.07 Å². The number of hydrogen-bond donors (Lipinski definition) is 2. The Balaban J connectivity index is 1.66. The van der Waals surface area contributed by atoms with Gasteiger partial charge in [0.1, 0.15) is 5.75 Å². The molecule has 12 heteroatoms. The van der Waals surface area contributed by atoms with Crippen molar-refractivity contribution in [1.29, 1.82) is 0 Å². The van der Waals surface area contributed by atoms with E-state index in [9.17, 15) is 8.42 Å². The second-order valence-corrected chi connectivity index (χ2v) is 11.7. The summed E-state index contributed by atoms with van der Waals surface area (Å²) >= 11 is 7.43. The molecule has 4 heterocycles. The van der Waals surface area contributed by atoms with E-state index in [4.69, 9.17) is 17.0 Å². The lowest BCUT2D eigenvalue weighted by atomic mass is 9.96. The average molecular weight is 555 g/mol. The van der Waals surface area contributed by atoms with E-state index in [1.54, 1.807) is 35.9 Å². The topological polar surface area (TPSA) is 101 Å². The zero-order valence-electron chi connectivity index (χ0n) is 20.7. The van der Waals surface area contributed by atoms with E-state index >= 15 is 0 Å². The van der Waals surface area contributed by atoms with Crippen LogP contribution in [0.1, 0.15) is 34.7 Å². The highest BCUT2D eigenvalue weighted by molar-refractivity contribution is 7.92. The molecule has 1 aliphatic heterocycles. The Labute approximate surface area is 225 Å². The van der Waals surface area contributed by atoms with Crippen LogP contribution in [0.15, 0.2) is 60.2 Å². The number of nitrogens with zero attached hydrogens (tertiary/aromatic N) is 4. The molecule has 37 heavy (non-hydrogen) atoms. The third kappa shape index (κ3) is 4.79. The van der Waals surface area contributed by atoms with Gasteiger partial charge in [0.2, 0.25) is 10.0 Å². The van der Waals surface area contributed by atoms with Crippen molar-refractivity contribution in [2.75, 3.05) is 23.0 Å². The molecule has 0 unspecified atom stereocenters. The monoisotopic (exact) mass is 554 g/mol. The number of anilines is 2. The highest BCUT2D eigenvalue weighted by Crippen LogP contribution is 2.45. The van der Waals surface area contributed by atoms with E-state index in [-0.39, 0.29) is 12.1 Å². The van der Waals surface area contributed by atoms with Crippen LogP contribution in [-0.2, 0) is 10.0 Å². The Bertz CT molecular complexity index is 1550. The Morgan fingerprint density at radius 2 is 1.95 bits per heavy atom. The molecule has 4 aromatic rings. The van der Waals surface area contributed by atoms with Crippen molar-refractivity contribution in [2.45, 2.75) is 25.9 Å². The molecule has 2 atom stereocenters. The maximum atomic E-state index is 11.8. The lowest BCUT2D eigenvalue weighted by molar-refractivity contribution is 0.417. The smallest absolute Gasteiger partial charge is 0.229 e. The summed E-state index contributed by atoms with van der Waals surface area (Å²) in [5, 5.41) is 6.86. The van der Waals surface area contributed by atoms with Gasteiger partial charge in [-0.25, -0.2) is 13.4 Å². The van der Waals surface area contributed by atoms with Crippen molar-refractivity contribution in [3.8, 4) is 10.9 Å². The number of benzene rings is 1. The molecule has 1 aromatic carbocycles. The summed E-state index contributed by atoms with van der Waals surface area (Å²) in [7, 11) is -1.97. The van der Waals surface area contributed by atoms with Gasteiger partial charge < -0.3 is 15.0 Å². The van der Waals surface area contributed by atoms with Gasteiger partial charge in [0, 0.05) is 40.9 Å². The molecular weight excluding hydrogens is 529 g/mol. The lowest BCUT2D eigenvalue weighted by Gasteiger charge is -2.28. The summed E-state index contributed by atoms with van der Waals surface area (Å²) < 4.78 is 33.9. The van der Waals surface area contributed by atoms with Crippen molar-refractivity contribution in [3.05, 3.63) is 82.9 Å². The second kappa shape index (κ2) is 9.77. The Hall–Kier alpha value is -3.48. The first kappa shape index (κ1) is 25.2. The first-order chi connectivity index (χ1) is 17.7. The number of thiazole rings is 1. The number of sulfonamides is 1. The lowest BCUT2D eigenvalue weighted by Crippen LogP contribution is -2.29. The normalized spacial score (nSPS) is 17.6. The molecule has 3 aromatic heterocycles. The zero-order valence-corrected chi connectivity index (χ0v) is 23.1. The van der Waals surface area contributed by atoms with Crippen molar-refractivity contribution < 1.29 is 13.2 Å². The van der Waals surface area contributed by atoms with Crippen LogP contribution < -0.4 is 19.7 Å². The minimum absolute atomic E-state index is 0.223. The van der Waals surface area contributed by atoms with E-state index in [0.717, 1.165) is 39.7 Å². The molecule has 1 fully saturated rings. The van der Waals surface area contributed by atoms with Gasteiger partial charge >= 0.3 is 0 Å². The van der Waals surface area contributed by atoms with E-state index in [1.807, 2.05) is 34.5 Å². The van der Waals surface area contributed by atoms with E-state index in [2.05, 4.69) is 44.5 Å². The Kier molecular flexibility index (Phi) is 6.65. The van der Waals surface area contributed by atoms with Crippen LogP contribution in [0.4, 0.5) is 11.4 Å². The molecule has 1 aliphatic rings. The quantitative estimate of drug-likeness (QED) is 0.322. The van der Waals surface area contributed by atoms with Crippen molar-refractivity contribution in [1.82, 2.24) is 19.9 Å². The van der Waals surface area contributed by atoms with Gasteiger partial charge in [-0.2, -0.15) is 0 Å². The van der Waals surface area contributed by atoms with Crippen LogP contribution in [-0.4, -0.2) is 41.4 Å². The van der Waals surface area contributed by atoms with Crippen LogP contribution in [0.2, 0.25) is 0 Å². The third-order valence-electron chi connectivity index (χ3n) is 6.26. The molecular formula is C25H26N6O3S3. The number of aromatic nitrogens is 3. The minimum atomic E-state index is -3.48. The van der Waals surface area contributed by atoms with Crippen LogP contribution in [0.25, 0.3) is 5.13 Å². The summed E-state index contributed by atoms with van der Waals surface area (Å²) in [5.74, 6) is 0.388. The predicted molar refractivity (Wildman–Crippen MR) is 150 cm³/mol. The molecule has 192 valence electrons. The average Bonchev–Trinajstić information content (AvgIpc) is 3.57. The fourth-order valence-electron chi connectivity index (χ4n) is 4.77. The fraction of sp³-hybridized carbons (Fsp3) is 0.240. The molecule has 0 radical (unpaired) electrons. The summed E-state index contributed by atoms with van der Waals surface area (Å²) in [5.41, 5.74) is 5.16. The number of ether oxygens (including phenoxy) is 1. The Morgan fingerprint density at radius 1 is 1.14 bits per heavy atom. The number of aryl methyl sites for hydroxylation is 1. The zero-order chi connectivity index (χ0) is 26.3. The number of pyridine rings is 1. The second-order valence-electron chi connectivity index (χ2n) is 8.73. The van der Waals surface area contributed by atoms with Gasteiger partial charge in [-0.15, -0.1) is 11.3 Å². The third-order valence-corrected chi connectivity index (χ3v) is 7.92. The fourth-order valence-corrected chi connectivity index (χ4v) is 6.44. The molecule has 0 saturated carbocycles. The molecule has 9 nitrogen and oxygen atoms in total. The number of thiocarbonyl (C=S) groups is 1.